The molecular formula is C23H23N3O4S. The number of anilines is 1. The lowest BCUT2D eigenvalue weighted by atomic mass is 9.87. The molecule has 1 aliphatic rings. The van der Waals surface area contributed by atoms with Crippen LogP contribution in [0.5, 0.6) is 11.5 Å². The van der Waals surface area contributed by atoms with Crippen molar-refractivity contribution in [3.05, 3.63) is 64.2 Å². The molecule has 0 fully saturated rings. The summed E-state index contributed by atoms with van der Waals surface area (Å²) in [5, 5.41) is 25.7. The number of carbonyl (C=O) groups excluding carboxylic acids is 2. The van der Waals surface area contributed by atoms with E-state index >= 15 is 0 Å². The molecule has 1 atom stereocenters. The van der Waals surface area contributed by atoms with E-state index in [0.29, 0.717) is 28.5 Å². The fraction of sp³-hybridized carbons (Fsp3) is 0.261. The van der Waals surface area contributed by atoms with Gasteiger partial charge in [0, 0.05) is 18.0 Å². The van der Waals surface area contributed by atoms with Gasteiger partial charge in [-0.05, 0) is 43.2 Å². The lowest BCUT2D eigenvalue weighted by Gasteiger charge is -2.25. The molecule has 0 saturated carbocycles. The van der Waals surface area contributed by atoms with E-state index < -0.39 is 5.92 Å². The van der Waals surface area contributed by atoms with Crippen LogP contribution in [0.2, 0.25) is 0 Å². The van der Waals surface area contributed by atoms with Crippen LogP contribution in [0.1, 0.15) is 30.4 Å². The number of nitriles is 1. The number of para-hydroxylation sites is 1. The Kier molecular flexibility index (Phi) is 7.21. The number of phenols is 1. The van der Waals surface area contributed by atoms with Crippen molar-refractivity contribution in [2.75, 3.05) is 17.7 Å². The molecule has 2 amide bonds. The van der Waals surface area contributed by atoms with E-state index in [1.165, 1.54) is 6.07 Å². The first kappa shape index (κ1) is 22.2. The Labute approximate surface area is 185 Å². The number of amides is 2. The molecule has 31 heavy (non-hydrogen) atoms. The van der Waals surface area contributed by atoms with Crippen molar-refractivity contribution < 1.29 is 19.4 Å². The van der Waals surface area contributed by atoms with Crippen LogP contribution in [0.4, 0.5) is 5.69 Å². The molecule has 0 spiro atoms. The van der Waals surface area contributed by atoms with E-state index in [2.05, 4.69) is 16.7 Å². The Morgan fingerprint density at radius 1 is 1.35 bits per heavy atom. The third-order valence-electron chi connectivity index (χ3n) is 4.81. The second kappa shape index (κ2) is 10.0. The Morgan fingerprint density at radius 3 is 2.84 bits per heavy atom. The molecule has 2 aromatic rings. The highest BCUT2D eigenvalue weighted by Gasteiger charge is 2.30. The minimum atomic E-state index is -0.486. The van der Waals surface area contributed by atoms with Gasteiger partial charge in [0.2, 0.25) is 11.8 Å². The topological polar surface area (TPSA) is 111 Å². The number of ether oxygens (including phenoxy) is 1. The highest BCUT2D eigenvalue weighted by atomic mass is 32.2. The van der Waals surface area contributed by atoms with Gasteiger partial charge in [-0.2, -0.15) is 5.26 Å². The summed E-state index contributed by atoms with van der Waals surface area (Å²) in [5.41, 5.74) is 2.73. The van der Waals surface area contributed by atoms with Crippen LogP contribution in [0, 0.1) is 18.3 Å². The summed E-state index contributed by atoms with van der Waals surface area (Å²) in [4.78, 5) is 24.7. The normalized spacial score (nSPS) is 15.8. The lowest BCUT2D eigenvalue weighted by Crippen LogP contribution is -2.31. The minimum absolute atomic E-state index is 0.00387. The van der Waals surface area contributed by atoms with Crippen molar-refractivity contribution in [3.8, 4) is 17.6 Å². The summed E-state index contributed by atoms with van der Waals surface area (Å²) in [7, 11) is 0. The molecule has 0 radical (unpaired) electrons. The molecule has 160 valence electrons. The third kappa shape index (κ3) is 5.38. The monoisotopic (exact) mass is 437 g/mol. The second-order valence-corrected chi connectivity index (χ2v) is 7.96. The molecule has 3 N–H and O–H groups in total. The number of hydrogen-bond donors (Lipinski definition) is 3. The molecule has 0 aromatic heterocycles. The van der Waals surface area contributed by atoms with Crippen molar-refractivity contribution in [3.63, 3.8) is 0 Å². The number of phenolic OH excluding ortho intramolecular Hbond substituents is 1. The molecule has 0 unspecified atom stereocenters. The molecule has 0 aliphatic carbocycles. The Balaban J connectivity index is 1.80. The summed E-state index contributed by atoms with van der Waals surface area (Å²) in [5.74, 6) is -0.617. The van der Waals surface area contributed by atoms with Gasteiger partial charge in [0.25, 0.3) is 0 Å². The van der Waals surface area contributed by atoms with E-state index in [9.17, 15) is 20.0 Å². The standard InChI is InChI=1S/C23H23N3O4S/c1-3-30-20-10-15(8-9-19(20)27)16-11-21(28)26-23(17(16)12-24)31-13-22(29)25-18-7-5-4-6-14(18)2/h4-10,16,27H,3,11,13H2,1-2H3,(H,25,29)(H,26,28)/t16-/m1/s1. The van der Waals surface area contributed by atoms with E-state index in [4.69, 9.17) is 4.74 Å². The number of nitrogens with zero attached hydrogens (tertiary/aromatic N) is 1. The van der Waals surface area contributed by atoms with Crippen LogP contribution in [-0.4, -0.2) is 29.3 Å². The van der Waals surface area contributed by atoms with Crippen LogP contribution >= 0.6 is 11.8 Å². The first-order chi connectivity index (χ1) is 14.9. The maximum Gasteiger partial charge on any atom is 0.234 e. The molecule has 0 bridgehead atoms. The van der Waals surface area contributed by atoms with Crippen LogP contribution < -0.4 is 15.4 Å². The molecule has 1 heterocycles. The number of aryl methyl sites for hydroxylation is 1. The second-order valence-electron chi connectivity index (χ2n) is 6.97. The number of hydrogen-bond acceptors (Lipinski definition) is 6. The molecule has 2 aromatic carbocycles. The van der Waals surface area contributed by atoms with Crippen LogP contribution in [0.15, 0.2) is 53.1 Å². The minimum Gasteiger partial charge on any atom is -0.504 e. The maximum absolute atomic E-state index is 12.4. The number of aromatic hydroxyl groups is 1. The van der Waals surface area contributed by atoms with Crippen molar-refractivity contribution >= 4 is 29.3 Å². The van der Waals surface area contributed by atoms with Crippen LogP contribution in [0.25, 0.3) is 0 Å². The van der Waals surface area contributed by atoms with Crippen LogP contribution in [-0.2, 0) is 9.59 Å². The van der Waals surface area contributed by atoms with Gasteiger partial charge in [-0.25, -0.2) is 0 Å². The summed E-state index contributed by atoms with van der Waals surface area (Å²) >= 11 is 1.12. The van der Waals surface area contributed by atoms with Gasteiger partial charge >= 0.3 is 0 Å². The van der Waals surface area contributed by atoms with Gasteiger partial charge in [-0.1, -0.05) is 36.0 Å². The fourth-order valence-electron chi connectivity index (χ4n) is 3.27. The van der Waals surface area contributed by atoms with Crippen molar-refractivity contribution in [1.82, 2.24) is 5.32 Å². The van der Waals surface area contributed by atoms with Gasteiger partial charge in [-0.3, -0.25) is 9.59 Å². The quantitative estimate of drug-likeness (QED) is 0.607. The SMILES string of the molecule is CCOc1cc([C@H]2CC(=O)NC(SCC(=O)Nc3ccccc3C)=C2C#N)ccc1O. The average Bonchev–Trinajstić information content (AvgIpc) is 2.75. The molecule has 1 aliphatic heterocycles. The fourth-order valence-corrected chi connectivity index (χ4v) is 4.15. The zero-order valence-electron chi connectivity index (χ0n) is 17.3. The maximum atomic E-state index is 12.4. The highest BCUT2D eigenvalue weighted by molar-refractivity contribution is 8.03. The van der Waals surface area contributed by atoms with Gasteiger partial charge < -0.3 is 20.5 Å². The van der Waals surface area contributed by atoms with Crippen molar-refractivity contribution in [2.24, 2.45) is 0 Å². The van der Waals surface area contributed by atoms with Gasteiger partial charge in [0.15, 0.2) is 11.5 Å². The predicted molar refractivity (Wildman–Crippen MR) is 120 cm³/mol. The van der Waals surface area contributed by atoms with E-state index in [-0.39, 0.29) is 29.7 Å². The van der Waals surface area contributed by atoms with Gasteiger partial charge in [-0.15, -0.1) is 0 Å². The molecule has 8 heteroatoms. The number of nitrogens with one attached hydrogen (secondary N) is 2. The molecular weight excluding hydrogens is 414 g/mol. The van der Waals surface area contributed by atoms with Gasteiger partial charge in [0.05, 0.1) is 29.0 Å². The largest absolute Gasteiger partial charge is 0.504 e. The van der Waals surface area contributed by atoms with Gasteiger partial charge in [0.1, 0.15) is 0 Å². The third-order valence-corrected chi connectivity index (χ3v) is 5.83. The Morgan fingerprint density at radius 2 is 2.13 bits per heavy atom. The predicted octanol–water partition coefficient (Wildman–Crippen LogP) is 3.81. The Hall–Kier alpha value is -3.44. The summed E-state index contributed by atoms with van der Waals surface area (Å²) in [6, 6.07) is 14.4. The Bertz CT molecular complexity index is 1070. The first-order valence-corrected chi connectivity index (χ1v) is 10.8. The van der Waals surface area contributed by atoms with E-state index in [1.54, 1.807) is 19.1 Å². The average molecular weight is 438 g/mol. The van der Waals surface area contributed by atoms with Crippen molar-refractivity contribution in [2.45, 2.75) is 26.2 Å². The number of benzene rings is 2. The number of thioether (sulfide) groups is 1. The summed E-state index contributed by atoms with van der Waals surface area (Å²) in [6.07, 6.45) is 0.0959. The zero-order valence-corrected chi connectivity index (χ0v) is 18.1. The highest BCUT2D eigenvalue weighted by Crippen LogP contribution is 2.39. The first-order valence-electron chi connectivity index (χ1n) is 9.81. The number of carbonyl (C=O) groups is 2. The lowest BCUT2D eigenvalue weighted by molar-refractivity contribution is -0.121. The zero-order chi connectivity index (χ0) is 22.4. The van der Waals surface area contributed by atoms with Crippen molar-refractivity contribution in [1.29, 1.82) is 5.26 Å². The number of allylic oxidation sites excluding steroid dienone is 1. The number of rotatable bonds is 7. The molecule has 7 nitrogen and oxygen atoms in total. The molecule has 3 rings (SSSR count). The van der Waals surface area contributed by atoms with Crippen LogP contribution in [0.3, 0.4) is 0 Å². The smallest absolute Gasteiger partial charge is 0.234 e. The summed E-state index contributed by atoms with van der Waals surface area (Å²) in [6.45, 7) is 4.08. The van der Waals surface area contributed by atoms with E-state index in [0.717, 1.165) is 23.0 Å². The molecule has 0 saturated heterocycles. The van der Waals surface area contributed by atoms with E-state index in [1.807, 2.05) is 31.2 Å². The summed E-state index contributed by atoms with van der Waals surface area (Å²) < 4.78 is 5.43.